The van der Waals surface area contributed by atoms with Gasteiger partial charge in [-0.15, -0.1) is 5.10 Å². The van der Waals surface area contributed by atoms with Crippen LogP contribution in [0.5, 0.6) is 0 Å². The number of hydrogen-bond donors (Lipinski definition) is 2. The molecule has 1 aliphatic carbocycles. The molecule has 1 aliphatic rings. The molecule has 0 saturated carbocycles. The maximum atomic E-state index is 12.5. The van der Waals surface area contributed by atoms with Gasteiger partial charge in [-0.25, -0.2) is 4.98 Å². The second-order valence-corrected chi connectivity index (χ2v) is 6.82. The number of pyridine rings is 1. The van der Waals surface area contributed by atoms with Gasteiger partial charge in [0.15, 0.2) is 11.6 Å². The predicted molar refractivity (Wildman–Crippen MR) is 99.0 cm³/mol. The highest BCUT2D eigenvalue weighted by molar-refractivity contribution is 6.02. The molecule has 130 valence electrons. The number of ketones is 1. The quantitative estimate of drug-likeness (QED) is 0.287. The number of aryl methyl sites for hydroxylation is 1. The van der Waals surface area contributed by atoms with Crippen molar-refractivity contribution in [3.63, 3.8) is 0 Å². The van der Waals surface area contributed by atoms with Gasteiger partial charge in [0, 0.05) is 22.1 Å². The van der Waals surface area contributed by atoms with Crippen LogP contribution in [0, 0.1) is 22.8 Å². The van der Waals surface area contributed by atoms with E-state index in [9.17, 15) is 4.79 Å². The molecule has 0 saturated heterocycles. The molecule has 0 bridgehead atoms. The van der Waals surface area contributed by atoms with Crippen LogP contribution in [0.15, 0.2) is 46.7 Å². The van der Waals surface area contributed by atoms with Crippen LogP contribution in [0.3, 0.4) is 0 Å². The lowest BCUT2D eigenvalue weighted by Crippen LogP contribution is -2.31. The van der Waals surface area contributed by atoms with E-state index in [0.717, 1.165) is 24.1 Å². The standard InChI is InChI=1S/C20H19N5O/c1-20(2)11-10-17-16(18(20)26)9-8-15(23-17)7-6-13-4-3-5-14(12-13)19(21)24-25-22/h3-5,8-9,12H,10-11H2,1-2H3,(H3,21,22,24). The number of Topliss-reactive ketones (excluding diaryl/α,β-unsaturated/α-hetero) is 1. The first-order valence-corrected chi connectivity index (χ1v) is 8.28. The Labute approximate surface area is 152 Å². The van der Waals surface area contributed by atoms with Gasteiger partial charge in [0.25, 0.3) is 0 Å². The molecular weight excluding hydrogens is 326 g/mol. The molecule has 1 heterocycles. The first-order valence-electron chi connectivity index (χ1n) is 8.28. The smallest absolute Gasteiger partial charge is 0.170 e. The highest BCUT2D eigenvalue weighted by Crippen LogP contribution is 2.33. The van der Waals surface area contributed by atoms with Gasteiger partial charge in [-0.3, -0.25) is 4.79 Å². The van der Waals surface area contributed by atoms with Crippen molar-refractivity contribution >= 4 is 11.6 Å². The summed E-state index contributed by atoms with van der Waals surface area (Å²) in [5.74, 6) is 6.39. The van der Waals surface area contributed by atoms with Crippen LogP contribution in [-0.2, 0) is 6.42 Å². The van der Waals surface area contributed by atoms with Gasteiger partial charge in [-0.2, -0.15) is 5.53 Å². The highest BCUT2D eigenvalue weighted by Gasteiger charge is 2.34. The summed E-state index contributed by atoms with van der Waals surface area (Å²) < 4.78 is 0. The Bertz CT molecular complexity index is 979. The zero-order valence-electron chi connectivity index (χ0n) is 14.7. The number of hydrogen-bond acceptors (Lipinski definition) is 4. The van der Waals surface area contributed by atoms with Crippen LogP contribution in [0.1, 0.15) is 53.1 Å². The number of carbonyl (C=O) groups is 1. The minimum absolute atomic E-state index is 0.146. The number of rotatable bonds is 2. The molecule has 3 N–H and O–H groups in total. The summed E-state index contributed by atoms with van der Waals surface area (Å²) in [6, 6.07) is 10.8. The highest BCUT2D eigenvalue weighted by atomic mass is 16.1. The normalized spacial score (nSPS) is 15.6. The van der Waals surface area contributed by atoms with Crippen molar-refractivity contribution < 1.29 is 4.79 Å². The molecule has 26 heavy (non-hydrogen) atoms. The van der Waals surface area contributed by atoms with Crippen LogP contribution in [0.4, 0.5) is 0 Å². The van der Waals surface area contributed by atoms with Gasteiger partial charge < -0.3 is 5.73 Å². The van der Waals surface area contributed by atoms with E-state index in [2.05, 4.69) is 27.1 Å². The second kappa shape index (κ2) is 6.89. The van der Waals surface area contributed by atoms with Gasteiger partial charge in [-0.05, 0) is 43.0 Å². The molecule has 0 amide bonds. The number of amidine groups is 1. The molecule has 0 unspecified atom stereocenters. The van der Waals surface area contributed by atoms with Crippen molar-refractivity contribution in [2.75, 3.05) is 0 Å². The van der Waals surface area contributed by atoms with Crippen LogP contribution in [0.2, 0.25) is 0 Å². The Balaban J connectivity index is 1.88. The van der Waals surface area contributed by atoms with Crippen molar-refractivity contribution in [2.24, 2.45) is 21.5 Å². The number of fused-ring (bicyclic) bond motifs is 1. The Morgan fingerprint density at radius 2 is 2.08 bits per heavy atom. The molecule has 2 aromatic rings. The SMILES string of the molecule is CC1(C)CCc2nc(C#Cc3cccc(C(N)=NN=N)c3)ccc2C1=O. The van der Waals surface area contributed by atoms with Crippen LogP contribution >= 0.6 is 0 Å². The molecule has 0 radical (unpaired) electrons. The fourth-order valence-corrected chi connectivity index (χ4v) is 2.88. The fourth-order valence-electron chi connectivity index (χ4n) is 2.88. The largest absolute Gasteiger partial charge is 0.382 e. The molecule has 1 aromatic heterocycles. The minimum Gasteiger partial charge on any atom is -0.382 e. The van der Waals surface area contributed by atoms with Crippen molar-refractivity contribution in [1.29, 1.82) is 5.53 Å². The Hall–Kier alpha value is -3.33. The lowest BCUT2D eigenvalue weighted by molar-refractivity contribution is 0.0809. The zero-order valence-corrected chi connectivity index (χ0v) is 14.7. The van der Waals surface area contributed by atoms with Gasteiger partial charge in [0.1, 0.15) is 5.69 Å². The fraction of sp³-hybridized carbons (Fsp3) is 0.250. The number of benzene rings is 1. The van der Waals surface area contributed by atoms with Gasteiger partial charge in [-0.1, -0.05) is 37.1 Å². The number of carbonyl (C=O) groups excluding carboxylic acids is 1. The summed E-state index contributed by atoms with van der Waals surface area (Å²) in [6.07, 6.45) is 1.58. The molecule has 0 aliphatic heterocycles. The molecule has 6 heteroatoms. The minimum atomic E-state index is -0.324. The zero-order chi connectivity index (χ0) is 18.7. The van der Waals surface area contributed by atoms with Crippen molar-refractivity contribution in [3.05, 3.63) is 64.5 Å². The second-order valence-electron chi connectivity index (χ2n) is 6.82. The molecule has 3 rings (SSSR count). The summed E-state index contributed by atoms with van der Waals surface area (Å²) in [4.78, 5) is 17.0. The van der Waals surface area contributed by atoms with E-state index in [4.69, 9.17) is 11.3 Å². The Morgan fingerprint density at radius 3 is 2.85 bits per heavy atom. The summed E-state index contributed by atoms with van der Waals surface area (Å²) in [7, 11) is 0. The van der Waals surface area contributed by atoms with E-state index in [1.54, 1.807) is 18.2 Å². The summed E-state index contributed by atoms with van der Waals surface area (Å²) >= 11 is 0. The molecule has 0 atom stereocenters. The van der Waals surface area contributed by atoms with Crippen LogP contribution in [0.25, 0.3) is 0 Å². The average Bonchev–Trinajstić information content (AvgIpc) is 2.64. The third-order valence-electron chi connectivity index (χ3n) is 4.47. The van der Waals surface area contributed by atoms with E-state index in [0.29, 0.717) is 16.8 Å². The van der Waals surface area contributed by atoms with Crippen LogP contribution in [-0.4, -0.2) is 16.6 Å². The van der Waals surface area contributed by atoms with E-state index in [1.807, 2.05) is 32.0 Å². The van der Waals surface area contributed by atoms with Crippen LogP contribution < -0.4 is 5.73 Å². The maximum Gasteiger partial charge on any atom is 0.170 e. The van der Waals surface area contributed by atoms with Gasteiger partial charge >= 0.3 is 0 Å². The Kier molecular flexibility index (Phi) is 4.63. The lowest BCUT2D eigenvalue weighted by Gasteiger charge is -2.28. The molecule has 1 aromatic carbocycles. The number of aromatic nitrogens is 1. The maximum absolute atomic E-state index is 12.5. The number of nitrogens with two attached hydrogens (primary N) is 1. The van der Waals surface area contributed by atoms with Crippen molar-refractivity contribution in [2.45, 2.75) is 26.7 Å². The molecule has 0 spiro atoms. The van der Waals surface area contributed by atoms with Crippen molar-refractivity contribution in [3.8, 4) is 11.8 Å². The summed E-state index contributed by atoms with van der Waals surface area (Å²) in [5.41, 5.74) is 15.7. The van der Waals surface area contributed by atoms with E-state index in [-0.39, 0.29) is 17.0 Å². The summed E-state index contributed by atoms with van der Waals surface area (Å²) in [5, 5.41) is 6.45. The van der Waals surface area contributed by atoms with E-state index < -0.39 is 0 Å². The molecule has 0 fully saturated rings. The third kappa shape index (κ3) is 3.52. The third-order valence-corrected chi connectivity index (χ3v) is 4.47. The summed E-state index contributed by atoms with van der Waals surface area (Å²) in [6.45, 7) is 3.95. The lowest BCUT2D eigenvalue weighted by atomic mass is 9.75. The average molecular weight is 345 g/mol. The molecular formula is C20H19N5O. The van der Waals surface area contributed by atoms with Gasteiger partial charge in [0.2, 0.25) is 0 Å². The first kappa shape index (κ1) is 17.5. The monoisotopic (exact) mass is 345 g/mol. The first-order chi connectivity index (χ1) is 12.4. The van der Waals surface area contributed by atoms with E-state index in [1.165, 1.54) is 0 Å². The predicted octanol–water partition coefficient (Wildman–Crippen LogP) is 3.29. The Morgan fingerprint density at radius 1 is 1.27 bits per heavy atom. The number of nitrogens with zero attached hydrogens (tertiary/aromatic N) is 3. The number of nitrogens with one attached hydrogen (secondary N) is 1. The van der Waals surface area contributed by atoms with E-state index >= 15 is 0 Å². The molecule has 6 nitrogen and oxygen atoms in total. The topological polar surface area (TPSA) is 105 Å². The van der Waals surface area contributed by atoms with Gasteiger partial charge in [0.05, 0.1) is 5.69 Å². The van der Waals surface area contributed by atoms with Crippen molar-refractivity contribution in [1.82, 2.24) is 4.98 Å².